The first-order valence-corrected chi connectivity index (χ1v) is 6.50. The molecule has 0 spiro atoms. The van der Waals surface area contributed by atoms with Gasteiger partial charge in [0.15, 0.2) is 0 Å². The van der Waals surface area contributed by atoms with Crippen molar-refractivity contribution in [2.45, 2.75) is 6.10 Å². The van der Waals surface area contributed by atoms with Crippen LogP contribution in [0.4, 0.5) is 4.39 Å². The summed E-state index contributed by atoms with van der Waals surface area (Å²) in [5.74, 6) is -0.893. The van der Waals surface area contributed by atoms with Crippen molar-refractivity contribution in [2.75, 3.05) is 33.3 Å². The minimum absolute atomic E-state index is 0.0117. The fourth-order valence-electron chi connectivity index (χ4n) is 2.09. The molecule has 1 amide bonds. The van der Waals surface area contributed by atoms with Crippen molar-refractivity contribution >= 4 is 17.5 Å². The molecule has 1 atom stereocenters. The molecule has 0 aromatic heterocycles. The number of benzene rings is 1. The van der Waals surface area contributed by atoms with E-state index in [1.165, 1.54) is 18.2 Å². The quantitative estimate of drug-likeness (QED) is 0.916. The van der Waals surface area contributed by atoms with Crippen LogP contribution in [0.2, 0.25) is 5.02 Å². The van der Waals surface area contributed by atoms with E-state index in [9.17, 15) is 9.18 Å². The van der Waals surface area contributed by atoms with Gasteiger partial charge in [-0.15, -0.1) is 0 Å². The fourth-order valence-corrected chi connectivity index (χ4v) is 2.26. The highest BCUT2D eigenvalue weighted by atomic mass is 35.5. The summed E-state index contributed by atoms with van der Waals surface area (Å²) in [6, 6.07) is 4.00. The van der Waals surface area contributed by atoms with Crippen LogP contribution in [0.25, 0.3) is 0 Å². The van der Waals surface area contributed by atoms with E-state index >= 15 is 0 Å². The Hall–Kier alpha value is -1.17. The molecule has 1 heterocycles. The summed E-state index contributed by atoms with van der Waals surface area (Å²) in [6.07, 6.45) is -0.0649. The minimum Gasteiger partial charge on any atom is -0.373 e. The van der Waals surface area contributed by atoms with Gasteiger partial charge in [-0.25, -0.2) is 4.39 Å². The molecule has 1 aliphatic rings. The largest absolute Gasteiger partial charge is 0.373 e. The van der Waals surface area contributed by atoms with Crippen LogP contribution in [-0.4, -0.2) is 50.2 Å². The molecule has 0 radical (unpaired) electrons. The molecule has 104 valence electrons. The van der Waals surface area contributed by atoms with E-state index in [4.69, 9.17) is 16.3 Å². The zero-order chi connectivity index (χ0) is 13.8. The third-order valence-electron chi connectivity index (χ3n) is 3.02. The van der Waals surface area contributed by atoms with Gasteiger partial charge in [0.05, 0.1) is 18.3 Å². The smallest absolute Gasteiger partial charge is 0.257 e. The Morgan fingerprint density at radius 2 is 2.42 bits per heavy atom. The van der Waals surface area contributed by atoms with E-state index in [0.29, 0.717) is 31.3 Å². The van der Waals surface area contributed by atoms with Crippen molar-refractivity contribution in [2.24, 2.45) is 0 Å². The van der Waals surface area contributed by atoms with Gasteiger partial charge in [0.1, 0.15) is 5.82 Å². The zero-order valence-corrected chi connectivity index (χ0v) is 11.4. The number of carbonyl (C=O) groups excluding carboxylic acids is 1. The summed E-state index contributed by atoms with van der Waals surface area (Å²) >= 11 is 5.81. The van der Waals surface area contributed by atoms with Gasteiger partial charge in [0.2, 0.25) is 0 Å². The Bertz CT molecular complexity index is 468. The summed E-state index contributed by atoms with van der Waals surface area (Å²) in [5.41, 5.74) is 0.0117. The van der Waals surface area contributed by atoms with Gasteiger partial charge in [-0.2, -0.15) is 0 Å². The molecule has 0 saturated carbocycles. The first kappa shape index (κ1) is 14.2. The van der Waals surface area contributed by atoms with Gasteiger partial charge in [-0.1, -0.05) is 11.6 Å². The second kappa shape index (κ2) is 6.32. The zero-order valence-electron chi connectivity index (χ0n) is 10.7. The highest BCUT2D eigenvalue weighted by molar-refractivity contribution is 6.31. The Labute approximate surface area is 116 Å². The van der Waals surface area contributed by atoms with Crippen molar-refractivity contribution < 1.29 is 13.9 Å². The first-order chi connectivity index (χ1) is 9.11. The van der Waals surface area contributed by atoms with E-state index in [2.05, 4.69) is 5.32 Å². The standard InChI is InChI=1S/C13H16ClFN2O2/c1-16-7-10-8-17(4-5-19-10)13(18)11-6-9(14)2-3-12(11)15/h2-3,6,10,16H,4-5,7-8H2,1H3. The predicted octanol–water partition coefficient (Wildman–Crippen LogP) is 1.54. The van der Waals surface area contributed by atoms with Crippen molar-refractivity contribution in [1.82, 2.24) is 10.2 Å². The molecule has 1 N–H and O–H groups in total. The Kier molecular flexibility index (Phi) is 4.74. The van der Waals surface area contributed by atoms with Crippen LogP contribution < -0.4 is 5.32 Å². The van der Waals surface area contributed by atoms with Crippen molar-refractivity contribution in [3.05, 3.63) is 34.6 Å². The van der Waals surface area contributed by atoms with E-state index in [-0.39, 0.29) is 17.6 Å². The van der Waals surface area contributed by atoms with Crippen LogP contribution in [0.3, 0.4) is 0 Å². The molecular formula is C13H16ClFN2O2. The van der Waals surface area contributed by atoms with E-state index in [1.54, 1.807) is 4.90 Å². The number of carbonyl (C=O) groups is 1. The highest BCUT2D eigenvalue weighted by Gasteiger charge is 2.26. The van der Waals surface area contributed by atoms with Crippen LogP contribution in [-0.2, 0) is 4.74 Å². The summed E-state index contributed by atoms with van der Waals surface area (Å²) in [6.45, 7) is 2.03. The van der Waals surface area contributed by atoms with Gasteiger partial charge in [0.25, 0.3) is 5.91 Å². The molecular weight excluding hydrogens is 271 g/mol. The molecule has 0 bridgehead atoms. The first-order valence-electron chi connectivity index (χ1n) is 6.12. The molecule has 2 rings (SSSR count). The number of likely N-dealkylation sites (N-methyl/N-ethyl adjacent to an activating group) is 1. The third kappa shape index (κ3) is 3.43. The molecule has 1 fully saturated rings. The number of morpholine rings is 1. The number of hydrogen-bond donors (Lipinski definition) is 1. The lowest BCUT2D eigenvalue weighted by atomic mass is 10.1. The average Bonchev–Trinajstić information content (AvgIpc) is 2.41. The van der Waals surface area contributed by atoms with Crippen molar-refractivity contribution in [3.63, 3.8) is 0 Å². The molecule has 1 unspecified atom stereocenters. The summed E-state index contributed by atoms with van der Waals surface area (Å²) in [5, 5.41) is 3.35. The Balaban J connectivity index is 2.12. The average molecular weight is 287 g/mol. The monoisotopic (exact) mass is 286 g/mol. The number of ether oxygens (including phenoxy) is 1. The fraction of sp³-hybridized carbons (Fsp3) is 0.462. The number of hydrogen-bond acceptors (Lipinski definition) is 3. The summed E-state index contributed by atoms with van der Waals surface area (Å²) in [4.78, 5) is 13.9. The van der Waals surface area contributed by atoms with Crippen molar-refractivity contribution in [3.8, 4) is 0 Å². The molecule has 19 heavy (non-hydrogen) atoms. The number of amides is 1. The van der Waals surface area contributed by atoms with Gasteiger partial charge in [0, 0.05) is 24.7 Å². The minimum atomic E-state index is -0.550. The van der Waals surface area contributed by atoms with Crippen LogP contribution in [0.15, 0.2) is 18.2 Å². The van der Waals surface area contributed by atoms with Gasteiger partial charge in [-0.05, 0) is 25.2 Å². The highest BCUT2D eigenvalue weighted by Crippen LogP contribution is 2.18. The predicted molar refractivity (Wildman–Crippen MR) is 71.0 cm³/mol. The molecule has 1 aromatic carbocycles. The summed E-state index contributed by atoms with van der Waals surface area (Å²) in [7, 11) is 1.82. The number of nitrogens with one attached hydrogen (secondary N) is 1. The van der Waals surface area contributed by atoms with E-state index in [1.807, 2.05) is 7.05 Å². The maximum atomic E-state index is 13.7. The number of nitrogens with zero attached hydrogens (tertiary/aromatic N) is 1. The van der Waals surface area contributed by atoms with Crippen LogP contribution >= 0.6 is 11.6 Å². The topological polar surface area (TPSA) is 41.6 Å². The molecule has 0 aliphatic carbocycles. The second-order valence-electron chi connectivity index (χ2n) is 4.43. The van der Waals surface area contributed by atoms with Crippen molar-refractivity contribution in [1.29, 1.82) is 0 Å². The van der Waals surface area contributed by atoms with Crippen LogP contribution in [0, 0.1) is 5.82 Å². The van der Waals surface area contributed by atoms with Crippen LogP contribution in [0.5, 0.6) is 0 Å². The lowest BCUT2D eigenvalue weighted by Gasteiger charge is -2.33. The Morgan fingerprint density at radius 1 is 1.63 bits per heavy atom. The Morgan fingerprint density at radius 3 is 3.16 bits per heavy atom. The van der Waals surface area contributed by atoms with Crippen LogP contribution in [0.1, 0.15) is 10.4 Å². The van der Waals surface area contributed by atoms with Gasteiger partial charge in [-0.3, -0.25) is 4.79 Å². The third-order valence-corrected chi connectivity index (χ3v) is 3.25. The number of halogens is 2. The van der Waals surface area contributed by atoms with E-state index < -0.39 is 5.82 Å². The molecule has 4 nitrogen and oxygen atoms in total. The van der Waals surface area contributed by atoms with Gasteiger partial charge < -0.3 is 15.0 Å². The maximum Gasteiger partial charge on any atom is 0.257 e. The normalized spacial score (nSPS) is 19.5. The lowest BCUT2D eigenvalue weighted by Crippen LogP contribution is -2.48. The molecule has 1 aliphatic heterocycles. The summed E-state index contributed by atoms with van der Waals surface area (Å²) < 4.78 is 19.2. The molecule has 1 saturated heterocycles. The maximum absolute atomic E-state index is 13.7. The van der Waals surface area contributed by atoms with Gasteiger partial charge >= 0.3 is 0 Å². The lowest BCUT2D eigenvalue weighted by molar-refractivity contribution is -0.0197. The second-order valence-corrected chi connectivity index (χ2v) is 4.86. The van der Waals surface area contributed by atoms with E-state index in [0.717, 1.165) is 0 Å². The SMILES string of the molecule is CNCC1CN(C(=O)c2cc(Cl)ccc2F)CCO1. The molecule has 1 aromatic rings. The number of rotatable bonds is 3. The molecule has 6 heteroatoms.